The zero-order chi connectivity index (χ0) is 15.0. The predicted molar refractivity (Wildman–Crippen MR) is 81.5 cm³/mol. The van der Waals surface area contributed by atoms with Crippen LogP contribution >= 0.6 is 0 Å². The number of nitrogens with zero attached hydrogens (tertiary/aromatic N) is 2. The molecule has 21 heavy (non-hydrogen) atoms. The number of halogens is 1. The second-order valence-corrected chi connectivity index (χ2v) is 6.85. The molecular weight excluding hydrogens is 265 g/mol. The summed E-state index contributed by atoms with van der Waals surface area (Å²) in [6.45, 7) is 8.44. The van der Waals surface area contributed by atoms with Gasteiger partial charge in [-0.2, -0.15) is 5.10 Å². The molecule has 0 amide bonds. The molecule has 1 fully saturated rings. The summed E-state index contributed by atoms with van der Waals surface area (Å²) in [4.78, 5) is 2.40. The van der Waals surface area contributed by atoms with Crippen LogP contribution in [0.15, 0.2) is 30.3 Å². The molecule has 3 nitrogen and oxygen atoms in total. The van der Waals surface area contributed by atoms with Crippen molar-refractivity contribution in [2.75, 3.05) is 6.54 Å². The van der Waals surface area contributed by atoms with E-state index in [0.29, 0.717) is 6.04 Å². The van der Waals surface area contributed by atoms with Gasteiger partial charge in [0.25, 0.3) is 0 Å². The first-order valence-electron chi connectivity index (χ1n) is 7.48. The molecule has 1 aromatic heterocycles. The smallest absolute Gasteiger partial charge is 0.123 e. The van der Waals surface area contributed by atoms with Gasteiger partial charge in [-0.25, -0.2) is 4.39 Å². The number of likely N-dealkylation sites (tertiary alicyclic amines) is 1. The number of hydrogen-bond acceptors (Lipinski definition) is 2. The van der Waals surface area contributed by atoms with Gasteiger partial charge >= 0.3 is 0 Å². The Kier molecular flexibility index (Phi) is 3.57. The SMILES string of the molecule is CC(C)(C)c1cc(CN2CC[C@H]2c2ccc(F)cc2)[nH]n1. The Hall–Kier alpha value is -1.68. The fourth-order valence-electron chi connectivity index (χ4n) is 2.74. The Morgan fingerprint density at radius 1 is 1.29 bits per heavy atom. The van der Waals surface area contributed by atoms with E-state index in [2.05, 4.69) is 41.9 Å². The average molecular weight is 287 g/mol. The van der Waals surface area contributed by atoms with Crippen molar-refractivity contribution in [2.45, 2.75) is 45.2 Å². The number of aromatic nitrogens is 2. The molecule has 112 valence electrons. The summed E-state index contributed by atoms with van der Waals surface area (Å²) in [5.74, 6) is -0.173. The average Bonchev–Trinajstić information content (AvgIpc) is 2.86. The Labute approximate surface area is 125 Å². The second-order valence-electron chi connectivity index (χ2n) is 6.85. The van der Waals surface area contributed by atoms with Crippen molar-refractivity contribution in [3.63, 3.8) is 0 Å². The molecule has 0 radical (unpaired) electrons. The molecule has 0 unspecified atom stereocenters. The topological polar surface area (TPSA) is 31.9 Å². The molecule has 3 rings (SSSR count). The van der Waals surface area contributed by atoms with Crippen LogP contribution in [0.4, 0.5) is 4.39 Å². The lowest BCUT2D eigenvalue weighted by atomic mass is 9.92. The minimum Gasteiger partial charge on any atom is -0.290 e. The first-order chi connectivity index (χ1) is 9.93. The van der Waals surface area contributed by atoms with Crippen LogP contribution < -0.4 is 0 Å². The molecule has 0 bridgehead atoms. The van der Waals surface area contributed by atoms with Gasteiger partial charge in [-0.3, -0.25) is 10.00 Å². The Morgan fingerprint density at radius 3 is 2.52 bits per heavy atom. The van der Waals surface area contributed by atoms with Gasteiger partial charge in [0.2, 0.25) is 0 Å². The van der Waals surface area contributed by atoms with Gasteiger partial charge in [0.05, 0.1) is 5.69 Å². The minimum absolute atomic E-state index is 0.0695. The molecule has 4 heteroatoms. The lowest BCUT2D eigenvalue weighted by Gasteiger charge is -2.41. The third kappa shape index (κ3) is 3.00. The summed E-state index contributed by atoms with van der Waals surface area (Å²) in [7, 11) is 0. The van der Waals surface area contributed by atoms with Gasteiger partial charge in [-0.05, 0) is 30.2 Å². The number of aromatic amines is 1. The molecule has 2 heterocycles. The van der Waals surface area contributed by atoms with Crippen molar-refractivity contribution in [3.8, 4) is 0 Å². The molecule has 1 N–H and O–H groups in total. The molecule has 1 aromatic carbocycles. The van der Waals surface area contributed by atoms with Gasteiger partial charge in [0, 0.05) is 30.2 Å². The summed E-state index contributed by atoms with van der Waals surface area (Å²) in [5.41, 5.74) is 3.50. The van der Waals surface area contributed by atoms with Crippen LogP contribution in [0.1, 0.15) is 50.2 Å². The lowest BCUT2D eigenvalue weighted by Crippen LogP contribution is -2.40. The molecule has 0 spiro atoms. The maximum absolute atomic E-state index is 13.0. The van der Waals surface area contributed by atoms with Gasteiger partial charge in [0.15, 0.2) is 0 Å². The Morgan fingerprint density at radius 2 is 2.00 bits per heavy atom. The molecule has 2 aromatic rings. The summed E-state index contributed by atoms with van der Waals surface area (Å²) >= 11 is 0. The number of nitrogens with one attached hydrogen (secondary N) is 1. The van der Waals surface area contributed by atoms with Gasteiger partial charge in [0.1, 0.15) is 5.82 Å². The highest BCUT2D eigenvalue weighted by Crippen LogP contribution is 2.34. The monoisotopic (exact) mass is 287 g/mol. The second kappa shape index (κ2) is 5.26. The van der Waals surface area contributed by atoms with E-state index in [0.717, 1.165) is 30.9 Å². The maximum atomic E-state index is 13.0. The Balaban J connectivity index is 1.68. The van der Waals surface area contributed by atoms with E-state index < -0.39 is 0 Å². The lowest BCUT2D eigenvalue weighted by molar-refractivity contribution is 0.0803. The van der Waals surface area contributed by atoms with Gasteiger partial charge in [-0.15, -0.1) is 0 Å². The maximum Gasteiger partial charge on any atom is 0.123 e. The molecular formula is C17H22FN3. The van der Waals surface area contributed by atoms with E-state index in [9.17, 15) is 4.39 Å². The van der Waals surface area contributed by atoms with Crippen molar-refractivity contribution >= 4 is 0 Å². The highest BCUT2D eigenvalue weighted by molar-refractivity contribution is 5.23. The summed E-state index contributed by atoms with van der Waals surface area (Å²) in [6.07, 6.45) is 1.13. The molecule has 0 aliphatic carbocycles. The van der Waals surface area contributed by atoms with Crippen LogP contribution in [0.25, 0.3) is 0 Å². The number of H-pyrrole nitrogens is 1. The molecule has 1 saturated heterocycles. The quantitative estimate of drug-likeness (QED) is 0.931. The highest BCUT2D eigenvalue weighted by Gasteiger charge is 2.30. The Bertz CT molecular complexity index is 610. The van der Waals surface area contributed by atoms with Crippen molar-refractivity contribution in [1.29, 1.82) is 0 Å². The van der Waals surface area contributed by atoms with E-state index in [1.165, 1.54) is 5.56 Å². The van der Waals surface area contributed by atoms with Crippen LogP contribution in [-0.4, -0.2) is 21.6 Å². The van der Waals surface area contributed by atoms with Gasteiger partial charge in [-0.1, -0.05) is 32.9 Å². The van der Waals surface area contributed by atoms with Crippen LogP contribution in [0, 0.1) is 5.82 Å². The highest BCUT2D eigenvalue weighted by atomic mass is 19.1. The van der Waals surface area contributed by atoms with E-state index in [4.69, 9.17) is 0 Å². The molecule has 1 atom stereocenters. The van der Waals surface area contributed by atoms with Crippen LogP contribution in [0.5, 0.6) is 0 Å². The first-order valence-corrected chi connectivity index (χ1v) is 7.48. The summed E-state index contributed by atoms with van der Waals surface area (Å²) < 4.78 is 13.0. The van der Waals surface area contributed by atoms with Crippen LogP contribution in [-0.2, 0) is 12.0 Å². The zero-order valence-electron chi connectivity index (χ0n) is 12.9. The van der Waals surface area contributed by atoms with E-state index in [1.54, 1.807) is 12.1 Å². The van der Waals surface area contributed by atoms with Crippen LogP contribution in [0.2, 0.25) is 0 Å². The number of hydrogen-bond donors (Lipinski definition) is 1. The number of benzene rings is 1. The number of rotatable bonds is 3. The van der Waals surface area contributed by atoms with Gasteiger partial charge < -0.3 is 0 Å². The zero-order valence-corrected chi connectivity index (χ0v) is 12.9. The van der Waals surface area contributed by atoms with Crippen molar-refractivity contribution in [2.24, 2.45) is 0 Å². The third-order valence-corrected chi connectivity index (χ3v) is 4.16. The molecule has 0 saturated carbocycles. The summed E-state index contributed by atoms with van der Waals surface area (Å²) in [5, 5.41) is 7.55. The fraction of sp³-hybridized carbons (Fsp3) is 0.471. The first kappa shape index (κ1) is 14.3. The predicted octanol–water partition coefficient (Wildman–Crippen LogP) is 3.79. The molecule has 1 aliphatic rings. The van der Waals surface area contributed by atoms with Crippen molar-refractivity contribution in [3.05, 3.63) is 53.1 Å². The normalized spacial score (nSPS) is 19.5. The van der Waals surface area contributed by atoms with E-state index in [1.807, 2.05) is 12.1 Å². The van der Waals surface area contributed by atoms with E-state index in [-0.39, 0.29) is 11.2 Å². The van der Waals surface area contributed by atoms with E-state index >= 15 is 0 Å². The fourth-order valence-corrected chi connectivity index (χ4v) is 2.74. The van der Waals surface area contributed by atoms with Crippen molar-refractivity contribution < 1.29 is 4.39 Å². The molecule has 1 aliphatic heterocycles. The minimum atomic E-state index is -0.173. The van der Waals surface area contributed by atoms with Crippen molar-refractivity contribution in [1.82, 2.24) is 15.1 Å². The largest absolute Gasteiger partial charge is 0.290 e. The standard InChI is InChI=1S/C17H22FN3/c1-17(2,3)16-10-14(19-20-16)11-21-9-8-15(21)12-4-6-13(18)7-5-12/h4-7,10,15H,8-9,11H2,1-3H3,(H,19,20)/t15-/m0/s1. The van der Waals surface area contributed by atoms with Crippen LogP contribution in [0.3, 0.4) is 0 Å². The third-order valence-electron chi connectivity index (χ3n) is 4.16. The summed E-state index contributed by atoms with van der Waals surface area (Å²) in [6, 6.07) is 9.41.